The van der Waals surface area contributed by atoms with Crippen LogP contribution in [0, 0.1) is 5.92 Å². The number of aromatic nitrogens is 1. The highest BCUT2D eigenvalue weighted by Crippen LogP contribution is 2.28. The molecule has 0 unspecified atom stereocenters. The maximum Gasteiger partial charge on any atom is 0.220 e. The maximum absolute atomic E-state index is 12.4. The molecule has 0 bridgehead atoms. The Morgan fingerprint density at radius 1 is 0.882 bits per heavy atom. The first-order chi connectivity index (χ1) is 16.4. The van der Waals surface area contributed by atoms with E-state index in [1.54, 1.807) is 19.5 Å². The maximum atomic E-state index is 12.4. The summed E-state index contributed by atoms with van der Waals surface area (Å²) in [6, 6.07) is 17.0. The molecule has 1 aromatic heterocycles. The van der Waals surface area contributed by atoms with Gasteiger partial charge in [0, 0.05) is 37.3 Å². The van der Waals surface area contributed by atoms with Gasteiger partial charge in [0.05, 0.1) is 7.11 Å². The standard InChI is InChI=1S/C28H32N2O4/c1-20(2)16-21-4-7-24(8-5-21)25(31)9-11-28(32)30-18-23-6-10-26(27(17-23)33-3)34-19-22-12-14-29-15-13-22/h4-8,10,12-15,17,20H,9,11,16,18-19H2,1-3H3,(H,30,32). The van der Waals surface area contributed by atoms with Crippen LogP contribution in [-0.4, -0.2) is 23.8 Å². The van der Waals surface area contributed by atoms with Crippen molar-refractivity contribution in [2.75, 3.05) is 7.11 Å². The highest BCUT2D eigenvalue weighted by Gasteiger charge is 2.11. The molecule has 34 heavy (non-hydrogen) atoms. The van der Waals surface area contributed by atoms with Gasteiger partial charge >= 0.3 is 0 Å². The molecule has 1 N–H and O–H groups in total. The van der Waals surface area contributed by atoms with Crippen molar-refractivity contribution in [1.82, 2.24) is 10.3 Å². The average molecular weight is 461 g/mol. The molecular weight excluding hydrogens is 428 g/mol. The molecule has 1 heterocycles. The smallest absolute Gasteiger partial charge is 0.220 e. The zero-order valence-electron chi connectivity index (χ0n) is 20.0. The Bertz CT molecular complexity index is 1080. The summed E-state index contributed by atoms with van der Waals surface area (Å²) < 4.78 is 11.3. The third-order valence-electron chi connectivity index (χ3n) is 5.36. The van der Waals surface area contributed by atoms with E-state index in [9.17, 15) is 9.59 Å². The fraction of sp³-hybridized carbons (Fsp3) is 0.321. The molecule has 0 radical (unpaired) electrons. The van der Waals surface area contributed by atoms with Crippen LogP contribution in [0.3, 0.4) is 0 Å². The third-order valence-corrected chi connectivity index (χ3v) is 5.36. The number of nitrogens with zero attached hydrogens (tertiary/aromatic N) is 1. The minimum atomic E-state index is -0.165. The van der Waals surface area contributed by atoms with Gasteiger partial charge in [0.2, 0.25) is 5.91 Å². The Kier molecular flexibility index (Phi) is 9.21. The number of amides is 1. The highest BCUT2D eigenvalue weighted by atomic mass is 16.5. The van der Waals surface area contributed by atoms with Crippen LogP contribution in [0.4, 0.5) is 0 Å². The summed E-state index contributed by atoms with van der Waals surface area (Å²) in [6.07, 6.45) is 4.76. The summed E-state index contributed by atoms with van der Waals surface area (Å²) in [5.41, 5.74) is 3.75. The Morgan fingerprint density at radius 3 is 2.26 bits per heavy atom. The van der Waals surface area contributed by atoms with Gasteiger partial charge in [0.25, 0.3) is 0 Å². The summed E-state index contributed by atoms with van der Waals surface area (Å²) in [7, 11) is 1.58. The van der Waals surface area contributed by atoms with Gasteiger partial charge in [0.1, 0.15) is 6.61 Å². The van der Waals surface area contributed by atoms with Gasteiger partial charge in [0.15, 0.2) is 17.3 Å². The van der Waals surface area contributed by atoms with Crippen LogP contribution in [0.15, 0.2) is 67.0 Å². The van der Waals surface area contributed by atoms with E-state index < -0.39 is 0 Å². The normalized spacial score (nSPS) is 10.7. The van der Waals surface area contributed by atoms with Crippen molar-refractivity contribution < 1.29 is 19.1 Å². The number of carbonyl (C=O) groups excluding carboxylic acids is 2. The highest BCUT2D eigenvalue weighted by molar-refractivity contribution is 5.97. The van der Waals surface area contributed by atoms with Crippen LogP contribution >= 0.6 is 0 Å². The number of rotatable bonds is 12. The number of hydrogen-bond donors (Lipinski definition) is 1. The lowest BCUT2D eigenvalue weighted by Crippen LogP contribution is -2.23. The van der Waals surface area contributed by atoms with Gasteiger partial charge in [-0.1, -0.05) is 44.2 Å². The Morgan fingerprint density at radius 2 is 1.59 bits per heavy atom. The van der Waals surface area contributed by atoms with Crippen molar-refractivity contribution in [3.8, 4) is 11.5 Å². The Balaban J connectivity index is 1.46. The first-order valence-electron chi connectivity index (χ1n) is 11.5. The quantitative estimate of drug-likeness (QED) is 0.378. The number of nitrogens with one attached hydrogen (secondary N) is 1. The van der Waals surface area contributed by atoms with E-state index in [4.69, 9.17) is 9.47 Å². The molecule has 2 aromatic carbocycles. The van der Waals surface area contributed by atoms with Crippen LogP contribution in [0.5, 0.6) is 11.5 Å². The molecule has 0 atom stereocenters. The summed E-state index contributed by atoms with van der Waals surface area (Å²) in [5.74, 6) is 1.60. The van der Waals surface area contributed by atoms with Crippen molar-refractivity contribution in [3.05, 3.63) is 89.2 Å². The number of methoxy groups -OCH3 is 1. The molecule has 178 valence electrons. The lowest BCUT2D eigenvalue weighted by atomic mass is 9.99. The second-order valence-electron chi connectivity index (χ2n) is 8.62. The van der Waals surface area contributed by atoms with Gasteiger partial charge in [-0.25, -0.2) is 0 Å². The number of pyridine rings is 1. The Hall–Kier alpha value is -3.67. The molecule has 6 nitrogen and oxygen atoms in total. The van der Waals surface area contributed by atoms with Crippen LogP contribution < -0.4 is 14.8 Å². The number of hydrogen-bond acceptors (Lipinski definition) is 5. The van der Waals surface area contributed by atoms with E-state index in [1.165, 1.54) is 5.56 Å². The predicted molar refractivity (Wildman–Crippen MR) is 132 cm³/mol. The summed E-state index contributed by atoms with van der Waals surface area (Å²) >= 11 is 0. The van der Waals surface area contributed by atoms with E-state index in [2.05, 4.69) is 24.1 Å². The second-order valence-corrected chi connectivity index (χ2v) is 8.62. The minimum absolute atomic E-state index is 0.0244. The summed E-state index contributed by atoms with van der Waals surface area (Å²) in [5, 5.41) is 2.87. The van der Waals surface area contributed by atoms with Crippen LogP contribution in [0.2, 0.25) is 0 Å². The first kappa shape index (κ1) is 25.0. The molecule has 0 fully saturated rings. The zero-order chi connectivity index (χ0) is 24.3. The van der Waals surface area contributed by atoms with Gasteiger partial charge in [-0.15, -0.1) is 0 Å². The Labute approximate surface area is 201 Å². The number of benzene rings is 2. The third kappa shape index (κ3) is 7.73. The number of Topliss-reactive ketones (excluding diaryl/α,β-unsaturated/α-hetero) is 1. The number of ketones is 1. The fourth-order valence-electron chi connectivity index (χ4n) is 3.54. The molecule has 3 aromatic rings. The SMILES string of the molecule is COc1cc(CNC(=O)CCC(=O)c2ccc(CC(C)C)cc2)ccc1OCc1ccncc1. The minimum Gasteiger partial charge on any atom is -0.493 e. The molecule has 0 aliphatic rings. The van der Waals surface area contributed by atoms with Crippen molar-refractivity contribution >= 4 is 11.7 Å². The largest absolute Gasteiger partial charge is 0.493 e. The lowest BCUT2D eigenvalue weighted by molar-refractivity contribution is -0.121. The van der Waals surface area contributed by atoms with Crippen molar-refractivity contribution in [1.29, 1.82) is 0 Å². The van der Waals surface area contributed by atoms with Gasteiger partial charge < -0.3 is 14.8 Å². The van der Waals surface area contributed by atoms with E-state index in [1.807, 2.05) is 54.6 Å². The topological polar surface area (TPSA) is 77.5 Å². The van der Waals surface area contributed by atoms with Crippen LogP contribution in [0.1, 0.15) is 53.7 Å². The van der Waals surface area contributed by atoms with E-state index >= 15 is 0 Å². The van der Waals surface area contributed by atoms with Crippen LogP contribution in [-0.2, 0) is 24.4 Å². The molecule has 0 aliphatic carbocycles. The van der Waals surface area contributed by atoms with Crippen molar-refractivity contribution in [2.45, 2.75) is 46.3 Å². The van der Waals surface area contributed by atoms with E-state index in [-0.39, 0.29) is 24.5 Å². The molecular formula is C28H32N2O4. The molecule has 0 saturated heterocycles. The second kappa shape index (κ2) is 12.5. The van der Waals surface area contributed by atoms with Crippen molar-refractivity contribution in [3.63, 3.8) is 0 Å². The number of ether oxygens (including phenoxy) is 2. The van der Waals surface area contributed by atoms with Gasteiger partial charge in [-0.2, -0.15) is 0 Å². The van der Waals surface area contributed by atoms with Gasteiger partial charge in [-0.3, -0.25) is 14.6 Å². The molecule has 0 spiro atoms. The fourth-order valence-corrected chi connectivity index (χ4v) is 3.54. The average Bonchev–Trinajstić information content (AvgIpc) is 2.85. The lowest BCUT2D eigenvalue weighted by Gasteiger charge is -2.13. The summed E-state index contributed by atoms with van der Waals surface area (Å²) in [4.78, 5) is 28.7. The first-order valence-corrected chi connectivity index (χ1v) is 11.5. The molecule has 3 rings (SSSR count). The van der Waals surface area contributed by atoms with Gasteiger partial charge in [-0.05, 0) is 53.3 Å². The molecule has 1 amide bonds. The van der Waals surface area contributed by atoms with E-state index in [0.717, 1.165) is 17.5 Å². The zero-order valence-corrected chi connectivity index (χ0v) is 20.0. The molecule has 0 aliphatic heterocycles. The summed E-state index contributed by atoms with van der Waals surface area (Å²) in [6.45, 7) is 5.08. The molecule has 0 saturated carbocycles. The molecule has 6 heteroatoms. The predicted octanol–water partition coefficient (Wildman–Crippen LogP) is 5.15. The van der Waals surface area contributed by atoms with Crippen LogP contribution in [0.25, 0.3) is 0 Å². The monoisotopic (exact) mass is 460 g/mol. The number of carbonyl (C=O) groups is 2. The van der Waals surface area contributed by atoms with Crippen molar-refractivity contribution in [2.24, 2.45) is 5.92 Å². The van der Waals surface area contributed by atoms with E-state index in [0.29, 0.717) is 36.1 Å².